The van der Waals surface area contributed by atoms with Gasteiger partial charge < -0.3 is 14.3 Å². The molecule has 0 aliphatic carbocycles. The van der Waals surface area contributed by atoms with E-state index in [0.717, 1.165) is 40.1 Å². The first-order valence-electron chi connectivity index (χ1n) is 9.47. The monoisotopic (exact) mass is 424 g/mol. The zero-order chi connectivity index (χ0) is 21.1. The number of carbonyl (C=O) groups is 2. The minimum absolute atomic E-state index is 0.195. The number of benzene rings is 2. The number of imide groups is 1. The van der Waals surface area contributed by atoms with Crippen molar-refractivity contribution in [3.63, 3.8) is 0 Å². The second-order valence-corrected chi connectivity index (χ2v) is 8.07. The largest absolute Gasteiger partial charge is 0.508 e. The highest BCUT2D eigenvalue weighted by molar-refractivity contribution is 8.15. The van der Waals surface area contributed by atoms with Crippen LogP contribution in [0.4, 0.5) is 4.79 Å². The average molecular weight is 424 g/mol. The molecule has 0 spiro atoms. The van der Waals surface area contributed by atoms with Gasteiger partial charge in [0.2, 0.25) is 11.8 Å². The van der Waals surface area contributed by atoms with Crippen molar-refractivity contribution in [2.24, 2.45) is 0 Å². The summed E-state index contributed by atoms with van der Waals surface area (Å²) in [7, 11) is 0. The van der Waals surface area contributed by atoms with Gasteiger partial charge in [0, 0.05) is 12.0 Å². The third-order valence-corrected chi connectivity index (χ3v) is 5.71. The van der Waals surface area contributed by atoms with Gasteiger partial charge in [0.25, 0.3) is 5.24 Å². The van der Waals surface area contributed by atoms with E-state index in [9.17, 15) is 14.7 Å². The van der Waals surface area contributed by atoms with E-state index in [1.165, 1.54) is 0 Å². The Morgan fingerprint density at radius 3 is 2.53 bits per heavy atom. The number of oxazole rings is 1. The summed E-state index contributed by atoms with van der Waals surface area (Å²) < 4.78 is 11.5. The van der Waals surface area contributed by atoms with Gasteiger partial charge in [0.15, 0.2) is 0 Å². The Bertz CT molecular complexity index is 1060. The number of aromatic hydroxyl groups is 1. The molecule has 3 aromatic rings. The van der Waals surface area contributed by atoms with E-state index >= 15 is 0 Å². The van der Waals surface area contributed by atoms with Gasteiger partial charge in [-0.15, -0.1) is 0 Å². The van der Waals surface area contributed by atoms with Crippen LogP contribution in [0, 0.1) is 6.92 Å². The fourth-order valence-electron chi connectivity index (χ4n) is 3.12. The van der Waals surface area contributed by atoms with Crippen LogP contribution in [-0.4, -0.2) is 33.1 Å². The Morgan fingerprint density at radius 2 is 1.87 bits per heavy atom. The summed E-state index contributed by atoms with van der Waals surface area (Å²) in [6, 6.07) is 14.2. The SMILES string of the molecule is Cc1oc(-c2ccc(O)cc2)nc1CCOc1ccc(CC2SC(=O)NC2=O)cc1. The molecule has 1 fully saturated rings. The Kier molecular flexibility index (Phi) is 5.76. The van der Waals surface area contributed by atoms with Crippen molar-refractivity contribution < 1.29 is 23.8 Å². The van der Waals surface area contributed by atoms with Crippen molar-refractivity contribution in [1.29, 1.82) is 0 Å². The fourth-order valence-corrected chi connectivity index (χ4v) is 3.98. The molecule has 1 aromatic heterocycles. The molecule has 1 aliphatic rings. The second kappa shape index (κ2) is 8.62. The third-order valence-electron chi connectivity index (χ3n) is 4.73. The van der Waals surface area contributed by atoms with Gasteiger partial charge in [0.1, 0.15) is 17.3 Å². The lowest BCUT2D eigenvalue weighted by Gasteiger charge is -2.08. The summed E-state index contributed by atoms with van der Waals surface area (Å²) in [5.74, 6) is 1.93. The van der Waals surface area contributed by atoms with Gasteiger partial charge in [-0.25, -0.2) is 4.98 Å². The van der Waals surface area contributed by atoms with E-state index in [4.69, 9.17) is 9.15 Å². The number of ether oxygens (including phenoxy) is 1. The Balaban J connectivity index is 1.31. The standard InChI is InChI=1S/C22H20N2O5S/c1-13-18(23-21(29-13)15-4-6-16(25)7-5-15)10-11-28-17-8-2-14(3-9-17)12-19-20(26)24-22(27)30-19/h2-9,19,25H,10-12H2,1H3,(H,24,26,27). The lowest BCUT2D eigenvalue weighted by molar-refractivity contribution is -0.118. The zero-order valence-electron chi connectivity index (χ0n) is 16.3. The second-order valence-electron chi connectivity index (χ2n) is 6.90. The van der Waals surface area contributed by atoms with Gasteiger partial charge in [-0.05, 0) is 55.3 Å². The maximum atomic E-state index is 11.7. The molecule has 0 radical (unpaired) electrons. The first-order chi connectivity index (χ1) is 14.5. The number of thioether (sulfide) groups is 1. The molecule has 1 unspecified atom stereocenters. The predicted octanol–water partition coefficient (Wildman–Crippen LogP) is 3.87. The molecule has 0 saturated carbocycles. The van der Waals surface area contributed by atoms with E-state index in [1.807, 2.05) is 31.2 Å². The van der Waals surface area contributed by atoms with Gasteiger partial charge in [-0.2, -0.15) is 0 Å². The highest BCUT2D eigenvalue weighted by Crippen LogP contribution is 2.25. The molecule has 7 nitrogen and oxygen atoms in total. The number of nitrogens with one attached hydrogen (secondary N) is 1. The number of aryl methyl sites for hydroxylation is 1. The molecule has 4 rings (SSSR count). The average Bonchev–Trinajstić information content (AvgIpc) is 3.25. The molecule has 154 valence electrons. The number of carbonyl (C=O) groups excluding carboxylic acids is 2. The smallest absolute Gasteiger partial charge is 0.286 e. The molecular weight excluding hydrogens is 404 g/mol. The van der Waals surface area contributed by atoms with Crippen molar-refractivity contribution in [2.75, 3.05) is 6.61 Å². The molecule has 2 heterocycles. The maximum Gasteiger partial charge on any atom is 0.286 e. The third kappa shape index (κ3) is 4.65. The summed E-state index contributed by atoms with van der Waals surface area (Å²) in [6.07, 6.45) is 1.09. The number of hydrogen-bond acceptors (Lipinski definition) is 7. The van der Waals surface area contributed by atoms with Crippen LogP contribution >= 0.6 is 11.8 Å². The van der Waals surface area contributed by atoms with E-state index in [0.29, 0.717) is 25.3 Å². The van der Waals surface area contributed by atoms with Crippen molar-refractivity contribution >= 4 is 22.9 Å². The zero-order valence-corrected chi connectivity index (χ0v) is 17.1. The number of aromatic nitrogens is 1. The summed E-state index contributed by atoms with van der Waals surface area (Å²) in [4.78, 5) is 27.4. The van der Waals surface area contributed by atoms with Gasteiger partial charge in [-0.1, -0.05) is 23.9 Å². The van der Waals surface area contributed by atoms with Crippen LogP contribution in [0.25, 0.3) is 11.5 Å². The van der Waals surface area contributed by atoms with E-state index < -0.39 is 0 Å². The van der Waals surface area contributed by atoms with E-state index in [1.54, 1.807) is 24.3 Å². The van der Waals surface area contributed by atoms with Crippen molar-refractivity contribution in [3.8, 4) is 23.0 Å². The number of rotatable bonds is 7. The highest BCUT2D eigenvalue weighted by Gasteiger charge is 2.31. The molecule has 0 bridgehead atoms. The summed E-state index contributed by atoms with van der Waals surface area (Å²) in [5, 5.41) is 11.0. The van der Waals surface area contributed by atoms with Gasteiger partial charge in [0.05, 0.1) is 17.6 Å². The quantitative estimate of drug-likeness (QED) is 0.594. The number of phenols is 1. The molecule has 2 amide bonds. The topological polar surface area (TPSA) is 102 Å². The molecular formula is C22H20N2O5S. The highest BCUT2D eigenvalue weighted by atomic mass is 32.2. The lowest BCUT2D eigenvalue weighted by atomic mass is 10.1. The normalized spacial score (nSPS) is 16.0. The lowest BCUT2D eigenvalue weighted by Crippen LogP contribution is -2.25. The fraction of sp³-hybridized carbons (Fsp3) is 0.227. The van der Waals surface area contributed by atoms with E-state index in [-0.39, 0.29) is 22.1 Å². The van der Waals surface area contributed by atoms with Crippen LogP contribution < -0.4 is 10.1 Å². The van der Waals surface area contributed by atoms with Crippen LogP contribution in [0.2, 0.25) is 0 Å². The Labute approximate surface area is 177 Å². The first-order valence-corrected chi connectivity index (χ1v) is 10.3. The number of phenolic OH excluding ortho intramolecular Hbond substituents is 1. The van der Waals surface area contributed by atoms with Gasteiger partial charge in [-0.3, -0.25) is 14.9 Å². The van der Waals surface area contributed by atoms with Crippen LogP contribution in [0.15, 0.2) is 52.9 Å². The van der Waals surface area contributed by atoms with E-state index in [2.05, 4.69) is 10.3 Å². The van der Waals surface area contributed by atoms with Crippen molar-refractivity contribution in [3.05, 3.63) is 65.5 Å². The molecule has 1 aliphatic heterocycles. The first kappa shape index (κ1) is 20.0. The number of amides is 2. The Morgan fingerprint density at radius 1 is 1.13 bits per heavy atom. The molecule has 2 aromatic carbocycles. The Hall–Kier alpha value is -3.26. The molecule has 1 saturated heterocycles. The molecule has 8 heteroatoms. The minimum Gasteiger partial charge on any atom is -0.508 e. The molecule has 2 N–H and O–H groups in total. The van der Waals surface area contributed by atoms with Crippen LogP contribution in [-0.2, 0) is 17.6 Å². The molecule has 1 atom stereocenters. The van der Waals surface area contributed by atoms with Crippen molar-refractivity contribution in [1.82, 2.24) is 10.3 Å². The van der Waals surface area contributed by atoms with Crippen LogP contribution in [0.5, 0.6) is 11.5 Å². The van der Waals surface area contributed by atoms with Crippen LogP contribution in [0.1, 0.15) is 17.0 Å². The van der Waals surface area contributed by atoms with Crippen LogP contribution in [0.3, 0.4) is 0 Å². The summed E-state index contributed by atoms with van der Waals surface area (Å²) >= 11 is 1.03. The van der Waals surface area contributed by atoms with Crippen molar-refractivity contribution in [2.45, 2.75) is 25.0 Å². The minimum atomic E-state index is -0.373. The predicted molar refractivity (Wildman–Crippen MR) is 113 cm³/mol. The summed E-state index contributed by atoms with van der Waals surface area (Å²) in [6.45, 7) is 2.31. The number of nitrogens with zero attached hydrogens (tertiary/aromatic N) is 1. The molecule has 30 heavy (non-hydrogen) atoms. The number of hydrogen-bond donors (Lipinski definition) is 2. The summed E-state index contributed by atoms with van der Waals surface area (Å²) in [5.41, 5.74) is 2.59. The van der Waals surface area contributed by atoms with Gasteiger partial charge >= 0.3 is 0 Å². The maximum absolute atomic E-state index is 11.7.